The Morgan fingerprint density at radius 1 is 1.47 bits per heavy atom. The van der Waals surface area contributed by atoms with Gasteiger partial charge in [-0.2, -0.15) is 5.26 Å². The molecule has 0 spiro atoms. The maximum absolute atomic E-state index is 9.12. The molecule has 1 atom stereocenters. The highest BCUT2D eigenvalue weighted by Crippen LogP contribution is 2.28. The van der Waals surface area contributed by atoms with Crippen LogP contribution in [0.2, 0.25) is 0 Å². The van der Waals surface area contributed by atoms with Crippen molar-refractivity contribution in [3.8, 4) is 6.07 Å². The van der Waals surface area contributed by atoms with Crippen molar-refractivity contribution < 1.29 is 0 Å². The van der Waals surface area contributed by atoms with Gasteiger partial charge in [0.2, 0.25) is 0 Å². The number of para-hydroxylation sites is 1. The van der Waals surface area contributed by atoms with Crippen molar-refractivity contribution in [2.75, 3.05) is 25.0 Å². The minimum atomic E-state index is -0.419. The second-order valence-electron chi connectivity index (χ2n) is 4.81. The predicted molar refractivity (Wildman–Crippen MR) is 70.1 cm³/mol. The molecule has 0 saturated carbocycles. The number of nitrogens with one attached hydrogen (secondary N) is 1. The normalized spacial score (nSPS) is 17.4. The van der Waals surface area contributed by atoms with E-state index < -0.39 is 5.54 Å². The highest BCUT2D eigenvalue weighted by Gasteiger charge is 2.24. The van der Waals surface area contributed by atoms with Crippen LogP contribution in [0.5, 0.6) is 0 Å². The van der Waals surface area contributed by atoms with Gasteiger partial charge < -0.3 is 10.2 Å². The van der Waals surface area contributed by atoms with Gasteiger partial charge in [-0.15, -0.1) is 0 Å². The van der Waals surface area contributed by atoms with Crippen LogP contribution < -0.4 is 10.2 Å². The van der Waals surface area contributed by atoms with E-state index in [0.29, 0.717) is 0 Å². The topological polar surface area (TPSA) is 39.1 Å². The van der Waals surface area contributed by atoms with Crippen LogP contribution in [-0.2, 0) is 6.42 Å². The third kappa shape index (κ3) is 2.42. The first-order valence-corrected chi connectivity index (χ1v) is 6.11. The van der Waals surface area contributed by atoms with Gasteiger partial charge in [-0.1, -0.05) is 18.2 Å². The number of rotatable bonds is 4. The number of hydrogen-bond donors (Lipinski definition) is 1. The van der Waals surface area contributed by atoms with Crippen LogP contribution in [0.1, 0.15) is 18.9 Å². The molecule has 90 valence electrons. The number of fused-ring (bicyclic) bond motifs is 1. The van der Waals surface area contributed by atoms with Crippen molar-refractivity contribution in [1.29, 1.82) is 5.26 Å². The third-order valence-electron chi connectivity index (χ3n) is 3.66. The fourth-order valence-corrected chi connectivity index (χ4v) is 2.23. The first kappa shape index (κ1) is 11.9. The Balaban J connectivity index is 2.01. The van der Waals surface area contributed by atoms with Crippen molar-refractivity contribution in [1.82, 2.24) is 5.32 Å². The summed E-state index contributed by atoms with van der Waals surface area (Å²) in [6, 6.07) is 10.9. The predicted octanol–water partition coefficient (Wildman–Crippen LogP) is 1.94. The van der Waals surface area contributed by atoms with Gasteiger partial charge in [0, 0.05) is 18.8 Å². The Labute approximate surface area is 103 Å². The summed E-state index contributed by atoms with van der Waals surface area (Å²) in [6.07, 6.45) is 1.97. The van der Waals surface area contributed by atoms with Gasteiger partial charge in [-0.05, 0) is 38.4 Å². The zero-order chi connectivity index (χ0) is 12.3. The lowest BCUT2D eigenvalue weighted by Gasteiger charge is -2.26. The number of anilines is 1. The molecule has 0 amide bonds. The molecule has 0 bridgehead atoms. The van der Waals surface area contributed by atoms with Gasteiger partial charge in [0.1, 0.15) is 5.54 Å². The van der Waals surface area contributed by atoms with Crippen LogP contribution in [0.15, 0.2) is 24.3 Å². The molecule has 1 unspecified atom stereocenters. The van der Waals surface area contributed by atoms with Crippen LogP contribution in [0.25, 0.3) is 0 Å². The molecule has 0 aromatic heterocycles. The molecule has 1 aromatic rings. The van der Waals surface area contributed by atoms with Gasteiger partial charge in [0.05, 0.1) is 6.07 Å². The van der Waals surface area contributed by atoms with E-state index in [2.05, 4.69) is 40.6 Å². The standard InChI is InChI=1S/C14H19N3/c1-14(11-15,16-2)8-10-17-9-7-12-5-3-4-6-13(12)17/h3-6,16H,7-10H2,1-2H3. The Morgan fingerprint density at radius 3 is 2.94 bits per heavy atom. The molecule has 1 aliphatic rings. The minimum absolute atomic E-state index is 0.419. The highest BCUT2D eigenvalue weighted by molar-refractivity contribution is 5.57. The molecule has 3 heteroatoms. The molecule has 0 saturated heterocycles. The molecule has 1 heterocycles. The Kier molecular flexibility index (Phi) is 3.35. The molecule has 0 fully saturated rings. The molecule has 17 heavy (non-hydrogen) atoms. The fraction of sp³-hybridized carbons (Fsp3) is 0.500. The summed E-state index contributed by atoms with van der Waals surface area (Å²) in [5, 5.41) is 12.2. The van der Waals surface area contributed by atoms with Crippen molar-refractivity contribution in [2.45, 2.75) is 25.3 Å². The maximum atomic E-state index is 9.12. The lowest BCUT2D eigenvalue weighted by atomic mass is 10.00. The summed E-state index contributed by atoms with van der Waals surface area (Å²) in [5.41, 5.74) is 2.34. The molecular weight excluding hydrogens is 210 g/mol. The average molecular weight is 229 g/mol. The van der Waals surface area contributed by atoms with E-state index in [1.165, 1.54) is 11.3 Å². The zero-order valence-corrected chi connectivity index (χ0v) is 10.5. The van der Waals surface area contributed by atoms with Crippen molar-refractivity contribution in [3.63, 3.8) is 0 Å². The van der Waals surface area contributed by atoms with E-state index >= 15 is 0 Å². The third-order valence-corrected chi connectivity index (χ3v) is 3.66. The SMILES string of the molecule is CNC(C)(C#N)CCN1CCc2ccccc21. The van der Waals surface area contributed by atoms with E-state index in [-0.39, 0.29) is 0 Å². The molecular formula is C14H19N3. The molecule has 1 aromatic carbocycles. The molecule has 0 aliphatic carbocycles. The first-order valence-electron chi connectivity index (χ1n) is 6.11. The summed E-state index contributed by atoms with van der Waals surface area (Å²) in [6.45, 7) is 3.96. The Bertz CT molecular complexity index is 435. The first-order chi connectivity index (χ1) is 8.18. The van der Waals surface area contributed by atoms with Crippen molar-refractivity contribution in [3.05, 3.63) is 29.8 Å². The second kappa shape index (κ2) is 4.77. The van der Waals surface area contributed by atoms with Gasteiger partial charge in [-0.3, -0.25) is 0 Å². The summed E-state index contributed by atoms with van der Waals surface area (Å²) in [4.78, 5) is 2.38. The number of hydrogen-bond acceptors (Lipinski definition) is 3. The van der Waals surface area contributed by atoms with Crippen LogP contribution in [-0.4, -0.2) is 25.7 Å². The quantitative estimate of drug-likeness (QED) is 0.857. The second-order valence-corrected chi connectivity index (χ2v) is 4.81. The van der Waals surface area contributed by atoms with E-state index in [0.717, 1.165) is 25.9 Å². The zero-order valence-electron chi connectivity index (χ0n) is 10.5. The Morgan fingerprint density at radius 2 is 2.24 bits per heavy atom. The van der Waals surface area contributed by atoms with Crippen LogP contribution >= 0.6 is 0 Å². The summed E-state index contributed by atoms with van der Waals surface area (Å²) < 4.78 is 0. The minimum Gasteiger partial charge on any atom is -0.371 e. The maximum Gasteiger partial charge on any atom is 0.105 e. The van der Waals surface area contributed by atoms with Crippen LogP contribution in [0, 0.1) is 11.3 Å². The molecule has 0 radical (unpaired) electrons. The molecule has 1 aliphatic heterocycles. The largest absolute Gasteiger partial charge is 0.371 e. The van der Waals surface area contributed by atoms with E-state index in [1.54, 1.807) is 0 Å². The van der Waals surface area contributed by atoms with Gasteiger partial charge in [0.15, 0.2) is 0 Å². The molecule has 1 N–H and O–H groups in total. The smallest absolute Gasteiger partial charge is 0.105 e. The lowest BCUT2D eigenvalue weighted by molar-refractivity contribution is 0.455. The Hall–Kier alpha value is -1.53. The van der Waals surface area contributed by atoms with Gasteiger partial charge >= 0.3 is 0 Å². The monoisotopic (exact) mass is 229 g/mol. The van der Waals surface area contributed by atoms with Gasteiger partial charge in [-0.25, -0.2) is 0 Å². The number of nitriles is 1. The average Bonchev–Trinajstić information content (AvgIpc) is 2.79. The number of nitrogens with zero attached hydrogens (tertiary/aromatic N) is 2. The summed E-state index contributed by atoms with van der Waals surface area (Å²) >= 11 is 0. The van der Waals surface area contributed by atoms with Crippen LogP contribution in [0.3, 0.4) is 0 Å². The van der Waals surface area contributed by atoms with E-state index in [1.807, 2.05) is 14.0 Å². The van der Waals surface area contributed by atoms with E-state index in [9.17, 15) is 0 Å². The van der Waals surface area contributed by atoms with Crippen molar-refractivity contribution in [2.24, 2.45) is 0 Å². The highest BCUT2D eigenvalue weighted by atomic mass is 15.1. The summed E-state index contributed by atoms with van der Waals surface area (Å²) in [5.74, 6) is 0. The van der Waals surface area contributed by atoms with Crippen molar-refractivity contribution >= 4 is 5.69 Å². The fourth-order valence-electron chi connectivity index (χ4n) is 2.23. The van der Waals surface area contributed by atoms with Gasteiger partial charge in [0.25, 0.3) is 0 Å². The lowest BCUT2D eigenvalue weighted by Crippen LogP contribution is -2.41. The molecule has 2 rings (SSSR count). The number of benzene rings is 1. The molecule has 3 nitrogen and oxygen atoms in total. The van der Waals surface area contributed by atoms with E-state index in [4.69, 9.17) is 5.26 Å². The summed E-state index contributed by atoms with van der Waals surface area (Å²) in [7, 11) is 1.85. The van der Waals surface area contributed by atoms with Crippen LogP contribution in [0.4, 0.5) is 5.69 Å².